The maximum Gasteiger partial charge on any atom is 0.239 e. The van der Waals surface area contributed by atoms with Crippen LogP contribution in [0.4, 0.5) is 0 Å². The molecule has 15 heavy (non-hydrogen) atoms. The molecule has 1 atom stereocenters. The third-order valence-electron chi connectivity index (χ3n) is 1.84. The van der Waals surface area contributed by atoms with Gasteiger partial charge in [-0.15, -0.1) is 0 Å². The van der Waals surface area contributed by atoms with Crippen LogP contribution >= 0.6 is 12.2 Å². The van der Waals surface area contributed by atoms with E-state index in [4.69, 9.17) is 12.2 Å². The summed E-state index contributed by atoms with van der Waals surface area (Å²) in [5.74, 6) is 0. The molecule has 0 saturated heterocycles. The van der Waals surface area contributed by atoms with Crippen molar-refractivity contribution >= 4 is 22.2 Å². The zero-order valence-electron chi connectivity index (χ0n) is 8.63. The second-order valence-corrected chi connectivity index (χ2v) is 5.97. The molecule has 7 nitrogen and oxygen atoms in total. The quantitative estimate of drug-likeness (QED) is 0.745. The molecule has 0 aliphatic rings. The highest BCUT2D eigenvalue weighted by molar-refractivity contribution is 7.90. The summed E-state index contributed by atoms with van der Waals surface area (Å²) in [6, 6.07) is 0. The van der Waals surface area contributed by atoms with Crippen LogP contribution in [0.1, 0.15) is 26.9 Å². The number of nitrogens with one attached hydrogen (secondary N) is 2. The Balaban J connectivity index is 2.86. The number of sulfonamides is 1. The highest BCUT2D eigenvalue weighted by Crippen LogP contribution is 2.04. The van der Waals surface area contributed by atoms with Gasteiger partial charge in [0.15, 0.2) is 0 Å². The number of H-pyrrole nitrogens is 1. The van der Waals surface area contributed by atoms with Crippen molar-refractivity contribution in [2.24, 2.45) is 0 Å². The van der Waals surface area contributed by atoms with E-state index in [-0.39, 0.29) is 4.77 Å². The summed E-state index contributed by atoms with van der Waals surface area (Å²) in [6.07, 6.45) is -0.528. The molecule has 0 bridgehead atoms. The van der Waals surface area contributed by atoms with E-state index in [0.29, 0.717) is 0 Å². The highest BCUT2D eigenvalue weighted by atomic mass is 32.2. The normalized spacial score (nSPS) is 14.4. The smallest absolute Gasteiger partial charge is 0.224 e. The number of aromatic nitrogens is 4. The van der Waals surface area contributed by atoms with Crippen LogP contribution < -0.4 is 4.72 Å². The standard InChI is InChI=1S/C6H13N5O2S2/c1-4(2)15(12,13)8-5(3)11-6(14)7-9-10-11/h4-5,8H,1-3H3,(H,7,10,14). The Labute approximate surface area is 92.9 Å². The monoisotopic (exact) mass is 251 g/mol. The molecule has 1 unspecified atom stereocenters. The maximum absolute atomic E-state index is 11.5. The van der Waals surface area contributed by atoms with Crippen LogP contribution in [-0.4, -0.2) is 33.9 Å². The van der Waals surface area contributed by atoms with Gasteiger partial charge in [-0.2, -0.15) is 9.94 Å². The van der Waals surface area contributed by atoms with E-state index >= 15 is 0 Å². The fourth-order valence-electron chi connectivity index (χ4n) is 0.883. The molecule has 0 aliphatic heterocycles. The molecule has 1 aromatic rings. The maximum atomic E-state index is 11.5. The van der Waals surface area contributed by atoms with Crippen molar-refractivity contribution in [3.63, 3.8) is 0 Å². The van der Waals surface area contributed by atoms with E-state index in [1.807, 2.05) is 0 Å². The minimum Gasteiger partial charge on any atom is -0.224 e. The van der Waals surface area contributed by atoms with Gasteiger partial charge in [0.05, 0.1) is 5.25 Å². The number of hydrogen-bond acceptors (Lipinski definition) is 5. The van der Waals surface area contributed by atoms with E-state index in [1.54, 1.807) is 20.8 Å². The van der Waals surface area contributed by atoms with E-state index in [2.05, 4.69) is 20.2 Å². The molecule has 0 fully saturated rings. The minimum atomic E-state index is -3.33. The lowest BCUT2D eigenvalue weighted by Gasteiger charge is -2.15. The SMILES string of the molecule is CC(NS(=O)(=O)C(C)C)n1[nH]nnc1=S. The fourth-order valence-corrected chi connectivity index (χ4v) is 1.98. The molecule has 0 aromatic carbocycles. The Kier molecular flexibility index (Phi) is 3.58. The van der Waals surface area contributed by atoms with Gasteiger partial charge < -0.3 is 0 Å². The summed E-state index contributed by atoms with van der Waals surface area (Å²) < 4.78 is 27.1. The zero-order valence-corrected chi connectivity index (χ0v) is 10.3. The van der Waals surface area contributed by atoms with Gasteiger partial charge >= 0.3 is 0 Å². The van der Waals surface area contributed by atoms with Crippen LogP contribution in [0.15, 0.2) is 0 Å². The third kappa shape index (κ3) is 2.83. The summed E-state index contributed by atoms with van der Waals surface area (Å²) in [4.78, 5) is 0. The summed E-state index contributed by atoms with van der Waals surface area (Å²) in [7, 11) is -3.33. The van der Waals surface area contributed by atoms with Crippen LogP contribution in [0, 0.1) is 4.77 Å². The number of tetrazole rings is 1. The van der Waals surface area contributed by atoms with Gasteiger partial charge in [0.25, 0.3) is 0 Å². The predicted molar refractivity (Wildman–Crippen MR) is 57.1 cm³/mol. The van der Waals surface area contributed by atoms with Crippen molar-refractivity contribution in [1.29, 1.82) is 0 Å². The molecule has 0 aliphatic carbocycles. The first-order valence-corrected chi connectivity index (χ1v) is 6.31. The highest BCUT2D eigenvalue weighted by Gasteiger charge is 2.20. The second-order valence-electron chi connectivity index (χ2n) is 3.34. The van der Waals surface area contributed by atoms with E-state index in [1.165, 1.54) is 4.68 Å². The van der Waals surface area contributed by atoms with Gasteiger partial charge in [-0.25, -0.2) is 13.1 Å². The Hall–Kier alpha value is -0.800. The Bertz CT molecular complexity index is 474. The molecule has 2 N–H and O–H groups in total. The van der Waals surface area contributed by atoms with Gasteiger partial charge in [-0.1, -0.05) is 10.3 Å². The van der Waals surface area contributed by atoms with Gasteiger partial charge in [0.2, 0.25) is 14.8 Å². The minimum absolute atomic E-state index is 0.203. The van der Waals surface area contributed by atoms with Crippen LogP contribution in [0.25, 0.3) is 0 Å². The van der Waals surface area contributed by atoms with Crippen molar-refractivity contribution in [3.8, 4) is 0 Å². The lowest BCUT2D eigenvalue weighted by Crippen LogP contribution is -2.36. The predicted octanol–water partition coefficient (Wildman–Crippen LogP) is 0.182. The first kappa shape index (κ1) is 12.3. The topological polar surface area (TPSA) is 92.7 Å². The average Bonchev–Trinajstić information content (AvgIpc) is 2.50. The number of rotatable bonds is 4. The largest absolute Gasteiger partial charge is 0.239 e. The molecule has 1 aromatic heterocycles. The first-order chi connectivity index (χ1) is 6.84. The first-order valence-electron chi connectivity index (χ1n) is 4.35. The Morgan fingerprint density at radius 3 is 2.47 bits per heavy atom. The molecule has 0 spiro atoms. The molecule has 9 heteroatoms. The zero-order chi connectivity index (χ0) is 11.6. The van der Waals surface area contributed by atoms with E-state index in [0.717, 1.165) is 0 Å². The summed E-state index contributed by atoms with van der Waals surface area (Å²) >= 11 is 4.84. The summed E-state index contributed by atoms with van der Waals surface area (Å²) in [5.41, 5.74) is 0. The molecule has 1 heterocycles. The van der Waals surface area contributed by atoms with Crippen LogP contribution in [0.3, 0.4) is 0 Å². The Morgan fingerprint density at radius 1 is 1.47 bits per heavy atom. The van der Waals surface area contributed by atoms with Crippen LogP contribution in [-0.2, 0) is 10.0 Å². The molecule has 1 rings (SSSR count). The molecular formula is C6H13N5O2S2. The molecule has 86 valence electrons. The molecule has 0 amide bonds. The van der Waals surface area contributed by atoms with Crippen molar-refractivity contribution in [3.05, 3.63) is 4.77 Å². The van der Waals surface area contributed by atoms with Crippen molar-refractivity contribution < 1.29 is 8.42 Å². The van der Waals surface area contributed by atoms with Crippen molar-refractivity contribution in [2.75, 3.05) is 0 Å². The van der Waals surface area contributed by atoms with Gasteiger partial charge in [-0.05, 0) is 33.0 Å². The van der Waals surface area contributed by atoms with Gasteiger partial charge in [0, 0.05) is 0 Å². The van der Waals surface area contributed by atoms with Crippen LogP contribution in [0.5, 0.6) is 0 Å². The fraction of sp³-hybridized carbons (Fsp3) is 0.833. The summed E-state index contributed by atoms with van der Waals surface area (Å²) in [5, 5.41) is 9.01. The van der Waals surface area contributed by atoms with Crippen molar-refractivity contribution in [2.45, 2.75) is 32.2 Å². The van der Waals surface area contributed by atoms with E-state index < -0.39 is 21.4 Å². The van der Waals surface area contributed by atoms with Crippen LogP contribution in [0.2, 0.25) is 0 Å². The average molecular weight is 251 g/mol. The van der Waals surface area contributed by atoms with E-state index in [9.17, 15) is 8.42 Å². The number of aromatic amines is 1. The third-order valence-corrected chi connectivity index (χ3v) is 4.03. The molecule has 0 radical (unpaired) electrons. The van der Waals surface area contributed by atoms with Gasteiger partial charge in [0.1, 0.15) is 6.17 Å². The second kappa shape index (κ2) is 4.37. The Morgan fingerprint density at radius 2 is 2.07 bits per heavy atom. The molecular weight excluding hydrogens is 238 g/mol. The number of nitrogens with zero attached hydrogens (tertiary/aromatic N) is 3. The number of hydrogen-bond donors (Lipinski definition) is 2. The van der Waals surface area contributed by atoms with Gasteiger partial charge in [-0.3, -0.25) is 0 Å². The lowest BCUT2D eigenvalue weighted by atomic mass is 10.6. The lowest BCUT2D eigenvalue weighted by molar-refractivity contribution is 0.438. The van der Waals surface area contributed by atoms with Crippen molar-refractivity contribution in [1.82, 2.24) is 24.9 Å². The summed E-state index contributed by atoms with van der Waals surface area (Å²) in [6.45, 7) is 4.84. The molecule has 0 saturated carbocycles.